The summed E-state index contributed by atoms with van der Waals surface area (Å²) in [7, 11) is 1.64. The summed E-state index contributed by atoms with van der Waals surface area (Å²) in [5, 5.41) is 14.1. The summed E-state index contributed by atoms with van der Waals surface area (Å²) >= 11 is 0. The van der Waals surface area contributed by atoms with Gasteiger partial charge in [-0.1, -0.05) is 42.5 Å². The summed E-state index contributed by atoms with van der Waals surface area (Å²) in [5.41, 5.74) is 1.96. The Labute approximate surface area is 145 Å². The third-order valence-electron chi connectivity index (χ3n) is 3.87. The lowest BCUT2D eigenvalue weighted by Crippen LogP contribution is -2.34. The molecule has 0 aliphatic rings. The van der Waals surface area contributed by atoms with Crippen LogP contribution in [0, 0.1) is 0 Å². The minimum absolute atomic E-state index is 0.146. The summed E-state index contributed by atoms with van der Waals surface area (Å²) in [6, 6.07) is 16.6. The summed E-state index contributed by atoms with van der Waals surface area (Å²) in [6.45, 7) is 0.524. The number of aromatic nitrogens is 4. The number of ether oxygens (including phenoxy) is 1. The van der Waals surface area contributed by atoms with Gasteiger partial charge in [0.05, 0.1) is 7.11 Å². The molecule has 0 aliphatic heterocycles. The Kier molecular flexibility index (Phi) is 5.36. The third-order valence-corrected chi connectivity index (χ3v) is 3.87. The molecule has 1 amide bonds. The van der Waals surface area contributed by atoms with Crippen LogP contribution in [0.4, 0.5) is 0 Å². The zero-order chi connectivity index (χ0) is 17.5. The molecule has 1 aromatic heterocycles. The molecule has 3 aromatic rings. The monoisotopic (exact) mass is 337 g/mol. The predicted molar refractivity (Wildman–Crippen MR) is 92.1 cm³/mol. The number of hydrogen-bond acceptors (Lipinski definition) is 5. The number of benzene rings is 2. The second kappa shape index (κ2) is 8.05. The molecule has 1 heterocycles. The summed E-state index contributed by atoms with van der Waals surface area (Å²) in [6.07, 6.45) is 2.17. The minimum atomic E-state index is -0.591. The molecule has 1 N–H and O–H groups in total. The highest BCUT2D eigenvalue weighted by Gasteiger charge is 2.23. The smallest absolute Gasteiger partial charge is 0.249 e. The number of carbonyl (C=O) groups excluding carboxylic acids is 1. The topological polar surface area (TPSA) is 81.9 Å². The Morgan fingerprint density at radius 1 is 1.16 bits per heavy atom. The fourth-order valence-corrected chi connectivity index (χ4v) is 2.57. The van der Waals surface area contributed by atoms with Gasteiger partial charge < -0.3 is 10.1 Å². The van der Waals surface area contributed by atoms with Gasteiger partial charge in [0.2, 0.25) is 5.91 Å². The van der Waals surface area contributed by atoms with E-state index in [0.717, 1.165) is 23.3 Å². The van der Waals surface area contributed by atoms with E-state index in [1.807, 2.05) is 54.6 Å². The standard InChI is InChI=1S/C18H19N5O2/c1-25-16-9-7-14(8-10-16)11-12-19-18(24)17(23-13-20-21-22-23)15-5-3-2-4-6-15/h2-10,13,17H,11-12H2,1H3,(H,19,24)/t17-/m0/s1. The Balaban J connectivity index is 1.64. The lowest BCUT2D eigenvalue weighted by atomic mass is 10.1. The van der Waals surface area contributed by atoms with E-state index >= 15 is 0 Å². The first kappa shape index (κ1) is 16.6. The van der Waals surface area contributed by atoms with Crippen LogP contribution in [-0.2, 0) is 11.2 Å². The van der Waals surface area contributed by atoms with E-state index in [9.17, 15) is 4.79 Å². The van der Waals surface area contributed by atoms with Gasteiger partial charge in [0.25, 0.3) is 0 Å². The largest absolute Gasteiger partial charge is 0.497 e. The molecule has 7 nitrogen and oxygen atoms in total. The number of amides is 1. The number of methoxy groups -OCH3 is 1. The van der Waals surface area contributed by atoms with E-state index in [1.54, 1.807) is 7.11 Å². The molecule has 0 radical (unpaired) electrons. The van der Waals surface area contributed by atoms with Crippen molar-refractivity contribution in [1.29, 1.82) is 0 Å². The predicted octanol–water partition coefficient (Wildman–Crippen LogP) is 1.63. The average molecular weight is 337 g/mol. The third kappa shape index (κ3) is 4.20. The van der Waals surface area contributed by atoms with E-state index in [-0.39, 0.29) is 5.91 Å². The number of tetrazole rings is 1. The summed E-state index contributed by atoms with van der Waals surface area (Å²) in [4.78, 5) is 12.7. The van der Waals surface area contributed by atoms with E-state index in [1.165, 1.54) is 11.0 Å². The van der Waals surface area contributed by atoms with Crippen molar-refractivity contribution < 1.29 is 9.53 Å². The highest BCUT2D eigenvalue weighted by molar-refractivity contribution is 5.83. The van der Waals surface area contributed by atoms with Crippen LogP contribution in [0.25, 0.3) is 0 Å². The number of nitrogens with zero attached hydrogens (tertiary/aromatic N) is 4. The quantitative estimate of drug-likeness (QED) is 0.709. The van der Waals surface area contributed by atoms with Crippen LogP contribution in [-0.4, -0.2) is 39.8 Å². The summed E-state index contributed by atoms with van der Waals surface area (Å²) in [5.74, 6) is 0.669. The first-order valence-electron chi connectivity index (χ1n) is 7.96. The number of carbonyl (C=O) groups is 1. The van der Waals surface area contributed by atoms with Crippen LogP contribution in [0.2, 0.25) is 0 Å². The molecule has 1 atom stereocenters. The van der Waals surface area contributed by atoms with Gasteiger partial charge in [-0.15, -0.1) is 5.10 Å². The molecular weight excluding hydrogens is 318 g/mol. The van der Waals surface area contributed by atoms with Crippen molar-refractivity contribution in [2.24, 2.45) is 0 Å². The second-order valence-electron chi connectivity index (χ2n) is 5.49. The van der Waals surface area contributed by atoms with Crippen LogP contribution < -0.4 is 10.1 Å². The van der Waals surface area contributed by atoms with Crippen LogP contribution in [0.3, 0.4) is 0 Å². The molecule has 0 fully saturated rings. The fourth-order valence-electron chi connectivity index (χ4n) is 2.57. The maximum absolute atomic E-state index is 12.7. The maximum Gasteiger partial charge on any atom is 0.249 e. The molecule has 0 unspecified atom stereocenters. The van der Waals surface area contributed by atoms with Crippen LogP contribution in [0.5, 0.6) is 5.75 Å². The lowest BCUT2D eigenvalue weighted by Gasteiger charge is -2.16. The van der Waals surface area contributed by atoms with Crippen molar-refractivity contribution in [3.05, 3.63) is 72.1 Å². The number of rotatable bonds is 7. The summed E-state index contributed by atoms with van der Waals surface area (Å²) < 4.78 is 6.60. The average Bonchev–Trinajstić information content (AvgIpc) is 3.17. The molecular formula is C18H19N5O2. The highest BCUT2D eigenvalue weighted by Crippen LogP contribution is 2.17. The molecule has 0 saturated heterocycles. The van der Waals surface area contributed by atoms with Gasteiger partial charge in [-0.3, -0.25) is 4.79 Å². The number of hydrogen-bond donors (Lipinski definition) is 1. The van der Waals surface area contributed by atoms with E-state index in [0.29, 0.717) is 6.54 Å². The van der Waals surface area contributed by atoms with Gasteiger partial charge in [0.1, 0.15) is 12.1 Å². The van der Waals surface area contributed by atoms with Crippen LogP contribution >= 0.6 is 0 Å². The SMILES string of the molecule is COc1ccc(CCNC(=O)[C@H](c2ccccc2)n2cnnn2)cc1. The van der Waals surface area contributed by atoms with Gasteiger partial charge in [-0.25, -0.2) is 4.68 Å². The Morgan fingerprint density at radius 3 is 2.56 bits per heavy atom. The van der Waals surface area contributed by atoms with Crippen molar-refractivity contribution in [3.63, 3.8) is 0 Å². The van der Waals surface area contributed by atoms with Gasteiger partial charge in [0, 0.05) is 6.54 Å². The molecule has 0 spiro atoms. The molecule has 2 aromatic carbocycles. The lowest BCUT2D eigenvalue weighted by molar-refractivity contribution is -0.123. The molecule has 128 valence electrons. The van der Waals surface area contributed by atoms with Crippen LogP contribution in [0.15, 0.2) is 60.9 Å². The van der Waals surface area contributed by atoms with E-state index < -0.39 is 6.04 Å². The van der Waals surface area contributed by atoms with Gasteiger partial charge in [-0.05, 0) is 40.1 Å². The van der Waals surface area contributed by atoms with Gasteiger partial charge >= 0.3 is 0 Å². The highest BCUT2D eigenvalue weighted by atomic mass is 16.5. The van der Waals surface area contributed by atoms with Crippen molar-refractivity contribution in [1.82, 2.24) is 25.5 Å². The zero-order valence-electron chi connectivity index (χ0n) is 13.9. The van der Waals surface area contributed by atoms with Crippen molar-refractivity contribution >= 4 is 5.91 Å². The Morgan fingerprint density at radius 2 is 1.92 bits per heavy atom. The van der Waals surface area contributed by atoms with E-state index in [2.05, 4.69) is 20.8 Å². The fraction of sp³-hybridized carbons (Fsp3) is 0.222. The Bertz CT molecular complexity index is 788. The van der Waals surface area contributed by atoms with Gasteiger partial charge in [0.15, 0.2) is 6.04 Å². The van der Waals surface area contributed by atoms with E-state index in [4.69, 9.17) is 4.74 Å². The maximum atomic E-state index is 12.7. The molecule has 0 bridgehead atoms. The van der Waals surface area contributed by atoms with Crippen LogP contribution in [0.1, 0.15) is 17.2 Å². The molecule has 25 heavy (non-hydrogen) atoms. The molecule has 0 saturated carbocycles. The van der Waals surface area contributed by atoms with Crippen molar-refractivity contribution in [3.8, 4) is 5.75 Å². The van der Waals surface area contributed by atoms with Crippen molar-refractivity contribution in [2.75, 3.05) is 13.7 Å². The first-order chi connectivity index (χ1) is 12.3. The second-order valence-corrected chi connectivity index (χ2v) is 5.49. The first-order valence-corrected chi connectivity index (χ1v) is 7.96. The molecule has 0 aliphatic carbocycles. The minimum Gasteiger partial charge on any atom is -0.497 e. The molecule has 3 rings (SSSR count). The van der Waals surface area contributed by atoms with Crippen molar-refractivity contribution in [2.45, 2.75) is 12.5 Å². The van der Waals surface area contributed by atoms with Gasteiger partial charge in [-0.2, -0.15) is 0 Å². The zero-order valence-corrected chi connectivity index (χ0v) is 13.9. The molecule has 7 heteroatoms. The number of nitrogens with one attached hydrogen (secondary N) is 1. The Hall–Kier alpha value is -3.22. The normalized spacial score (nSPS) is 11.7.